The fourth-order valence-corrected chi connectivity index (χ4v) is 2.81. The molecule has 0 aromatic carbocycles. The fourth-order valence-electron chi connectivity index (χ4n) is 2.48. The quantitative estimate of drug-likeness (QED) is 0.906. The molecule has 1 aliphatic rings. The van der Waals surface area contributed by atoms with E-state index in [1.165, 1.54) is 31.7 Å². The van der Waals surface area contributed by atoms with Crippen molar-refractivity contribution in [2.24, 2.45) is 0 Å². The Labute approximate surface area is 128 Å². The Morgan fingerprint density at radius 1 is 1.40 bits per heavy atom. The Bertz CT molecular complexity index is 477. The maximum Gasteiger partial charge on any atom is 0.254 e. The number of hydrogen-bond donors (Lipinski definition) is 1. The van der Waals surface area contributed by atoms with Gasteiger partial charge in [-0.2, -0.15) is 0 Å². The molecule has 1 fully saturated rings. The molecule has 7 heteroatoms. The summed E-state index contributed by atoms with van der Waals surface area (Å²) >= 11 is 11.5. The Kier molecular flexibility index (Phi) is 5.57. The summed E-state index contributed by atoms with van der Waals surface area (Å²) in [5, 5.41) is 10.2. The molecular formula is C13H18Cl2N4O. The van der Waals surface area contributed by atoms with Crippen LogP contribution in [0.2, 0.25) is 10.3 Å². The molecule has 1 saturated carbocycles. The van der Waals surface area contributed by atoms with Crippen molar-refractivity contribution in [3.63, 3.8) is 0 Å². The van der Waals surface area contributed by atoms with E-state index in [9.17, 15) is 4.79 Å². The highest BCUT2D eigenvalue weighted by atomic mass is 35.5. The molecule has 1 amide bonds. The second-order valence-corrected chi connectivity index (χ2v) is 5.79. The third kappa shape index (κ3) is 4.04. The summed E-state index contributed by atoms with van der Waals surface area (Å²) in [6.45, 7) is 1.39. The molecule has 1 aliphatic carbocycles. The van der Waals surface area contributed by atoms with Gasteiger partial charge in [0.15, 0.2) is 10.3 Å². The molecule has 0 saturated heterocycles. The summed E-state index contributed by atoms with van der Waals surface area (Å²) < 4.78 is 0. The van der Waals surface area contributed by atoms with Crippen LogP contribution in [0.1, 0.15) is 36.0 Å². The molecule has 1 aromatic rings. The fraction of sp³-hybridized carbons (Fsp3) is 0.615. The molecule has 0 radical (unpaired) electrons. The number of nitrogens with zero attached hydrogens (tertiary/aromatic N) is 3. The first-order chi connectivity index (χ1) is 9.58. The van der Waals surface area contributed by atoms with Gasteiger partial charge in [-0.05, 0) is 26.0 Å². The molecule has 1 N–H and O–H groups in total. The maximum atomic E-state index is 12.0. The molecule has 0 unspecified atom stereocenters. The van der Waals surface area contributed by atoms with Crippen LogP contribution in [0.15, 0.2) is 6.07 Å². The van der Waals surface area contributed by atoms with Gasteiger partial charge in [0, 0.05) is 19.1 Å². The Hall–Kier alpha value is -0.910. The largest absolute Gasteiger partial charge is 0.351 e. The van der Waals surface area contributed by atoms with Crippen molar-refractivity contribution in [2.75, 3.05) is 20.1 Å². The van der Waals surface area contributed by atoms with Crippen LogP contribution in [0.25, 0.3) is 0 Å². The van der Waals surface area contributed by atoms with Crippen LogP contribution in [0, 0.1) is 0 Å². The Morgan fingerprint density at radius 3 is 2.80 bits per heavy atom. The van der Waals surface area contributed by atoms with E-state index >= 15 is 0 Å². The van der Waals surface area contributed by atoms with E-state index in [2.05, 4.69) is 27.5 Å². The van der Waals surface area contributed by atoms with Crippen molar-refractivity contribution in [3.8, 4) is 0 Å². The van der Waals surface area contributed by atoms with Crippen molar-refractivity contribution in [1.82, 2.24) is 20.4 Å². The topological polar surface area (TPSA) is 58.1 Å². The first-order valence-corrected chi connectivity index (χ1v) is 7.50. The van der Waals surface area contributed by atoms with Crippen LogP contribution in [-0.2, 0) is 0 Å². The van der Waals surface area contributed by atoms with E-state index in [1.807, 2.05) is 0 Å². The van der Waals surface area contributed by atoms with Crippen molar-refractivity contribution in [2.45, 2.75) is 31.7 Å². The van der Waals surface area contributed by atoms with Gasteiger partial charge in [0.2, 0.25) is 0 Å². The average molecular weight is 317 g/mol. The predicted octanol–water partition coefficient (Wildman–Crippen LogP) is 2.39. The summed E-state index contributed by atoms with van der Waals surface area (Å²) in [4.78, 5) is 14.3. The van der Waals surface area contributed by atoms with Gasteiger partial charge < -0.3 is 10.2 Å². The summed E-state index contributed by atoms with van der Waals surface area (Å²) in [6, 6.07) is 2.07. The number of likely N-dealkylation sites (N-methyl/N-ethyl adjacent to an activating group) is 1. The number of nitrogens with one attached hydrogen (secondary N) is 1. The number of carbonyl (C=O) groups is 1. The van der Waals surface area contributed by atoms with Crippen molar-refractivity contribution in [1.29, 1.82) is 0 Å². The molecule has 0 spiro atoms. The van der Waals surface area contributed by atoms with Gasteiger partial charge in [-0.3, -0.25) is 4.79 Å². The normalized spacial score (nSPS) is 15.8. The molecule has 0 bridgehead atoms. The van der Waals surface area contributed by atoms with Crippen LogP contribution in [-0.4, -0.2) is 47.2 Å². The lowest BCUT2D eigenvalue weighted by molar-refractivity contribution is 0.0946. The number of aromatic nitrogens is 2. The molecule has 2 rings (SSSR count). The SMILES string of the molecule is CN(CCNC(=O)c1cc(Cl)nnc1Cl)C1CCCC1. The monoisotopic (exact) mass is 316 g/mol. The minimum absolute atomic E-state index is 0.0658. The average Bonchev–Trinajstić information content (AvgIpc) is 2.95. The van der Waals surface area contributed by atoms with E-state index in [-0.39, 0.29) is 21.8 Å². The summed E-state index contributed by atoms with van der Waals surface area (Å²) in [5.74, 6) is -0.272. The van der Waals surface area contributed by atoms with Gasteiger partial charge in [-0.25, -0.2) is 0 Å². The smallest absolute Gasteiger partial charge is 0.254 e. The standard InChI is InChI=1S/C13H18Cl2N4O/c1-19(9-4-2-3-5-9)7-6-16-13(20)10-8-11(14)17-18-12(10)15/h8-9H,2-7H2,1H3,(H,16,20). The zero-order chi connectivity index (χ0) is 14.5. The lowest BCUT2D eigenvalue weighted by Gasteiger charge is -2.23. The minimum Gasteiger partial charge on any atom is -0.351 e. The molecule has 110 valence electrons. The molecule has 0 atom stereocenters. The van der Waals surface area contributed by atoms with Gasteiger partial charge in [0.05, 0.1) is 5.56 Å². The van der Waals surface area contributed by atoms with Crippen LogP contribution in [0.5, 0.6) is 0 Å². The summed E-state index contributed by atoms with van der Waals surface area (Å²) in [6.07, 6.45) is 5.11. The zero-order valence-corrected chi connectivity index (χ0v) is 12.9. The van der Waals surface area contributed by atoms with Gasteiger partial charge in [0.1, 0.15) is 0 Å². The van der Waals surface area contributed by atoms with Crippen LogP contribution in [0.3, 0.4) is 0 Å². The predicted molar refractivity (Wildman–Crippen MR) is 79.3 cm³/mol. The third-order valence-electron chi connectivity index (χ3n) is 3.66. The van der Waals surface area contributed by atoms with Crippen LogP contribution in [0.4, 0.5) is 0 Å². The Morgan fingerprint density at radius 2 is 2.10 bits per heavy atom. The first-order valence-electron chi connectivity index (χ1n) is 6.75. The molecule has 0 aliphatic heterocycles. The highest BCUT2D eigenvalue weighted by molar-refractivity contribution is 6.34. The van der Waals surface area contributed by atoms with Crippen molar-refractivity contribution >= 4 is 29.1 Å². The second-order valence-electron chi connectivity index (χ2n) is 5.05. The van der Waals surface area contributed by atoms with Gasteiger partial charge in [-0.15, -0.1) is 10.2 Å². The summed E-state index contributed by atoms with van der Waals surface area (Å²) in [7, 11) is 2.10. The maximum absolute atomic E-state index is 12.0. The van der Waals surface area contributed by atoms with E-state index in [1.54, 1.807) is 0 Å². The van der Waals surface area contributed by atoms with Gasteiger partial charge in [-0.1, -0.05) is 36.0 Å². The molecule has 5 nitrogen and oxygen atoms in total. The zero-order valence-electron chi connectivity index (χ0n) is 11.4. The van der Waals surface area contributed by atoms with Gasteiger partial charge in [0.25, 0.3) is 5.91 Å². The van der Waals surface area contributed by atoms with Crippen molar-refractivity contribution in [3.05, 3.63) is 21.9 Å². The number of hydrogen-bond acceptors (Lipinski definition) is 4. The van der Waals surface area contributed by atoms with Gasteiger partial charge >= 0.3 is 0 Å². The van der Waals surface area contributed by atoms with Crippen LogP contribution >= 0.6 is 23.2 Å². The lowest BCUT2D eigenvalue weighted by Crippen LogP contribution is -2.37. The lowest BCUT2D eigenvalue weighted by atomic mass is 10.2. The molecule has 1 heterocycles. The van der Waals surface area contributed by atoms with Crippen LogP contribution < -0.4 is 5.32 Å². The van der Waals surface area contributed by atoms with E-state index in [0.29, 0.717) is 12.6 Å². The molecule has 20 heavy (non-hydrogen) atoms. The van der Waals surface area contributed by atoms with E-state index in [4.69, 9.17) is 23.2 Å². The third-order valence-corrected chi connectivity index (χ3v) is 4.13. The highest BCUT2D eigenvalue weighted by Crippen LogP contribution is 2.21. The summed E-state index contributed by atoms with van der Waals surface area (Å²) in [5.41, 5.74) is 0.259. The number of amides is 1. The minimum atomic E-state index is -0.272. The van der Waals surface area contributed by atoms with E-state index in [0.717, 1.165) is 6.54 Å². The molecular weight excluding hydrogens is 299 g/mol. The Balaban J connectivity index is 1.81. The number of carbonyl (C=O) groups excluding carboxylic acids is 1. The first kappa shape index (κ1) is 15.5. The van der Waals surface area contributed by atoms with Crippen molar-refractivity contribution < 1.29 is 4.79 Å². The number of rotatable bonds is 5. The molecule has 1 aromatic heterocycles. The number of halogens is 2. The van der Waals surface area contributed by atoms with E-state index < -0.39 is 0 Å². The second kappa shape index (κ2) is 7.20. The highest BCUT2D eigenvalue weighted by Gasteiger charge is 2.19.